The van der Waals surface area contributed by atoms with Crippen LogP contribution in [-0.4, -0.2) is 21.8 Å². The highest BCUT2D eigenvalue weighted by Crippen LogP contribution is 2.42. The van der Waals surface area contributed by atoms with E-state index < -0.39 is 0 Å². The topological polar surface area (TPSA) is 33.2 Å². The second-order valence-corrected chi connectivity index (χ2v) is 9.98. The summed E-state index contributed by atoms with van der Waals surface area (Å²) in [6.07, 6.45) is 4.38. The molecule has 29 heavy (non-hydrogen) atoms. The Morgan fingerprint density at radius 1 is 1.14 bits per heavy atom. The van der Waals surface area contributed by atoms with Crippen LogP contribution >= 0.6 is 23.1 Å². The molecule has 2 aliphatic rings. The van der Waals surface area contributed by atoms with Crippen molar-refractivity contribution in [1.82, 2.24) is 9.88 Å². The number of benzene rings is 2. The summed E-state index contributed by atoms with van der Waals surface area (Å²) >= 11 is 3.46. The monoisotopic (exact) mass is 420 g/mol. The fourth-order valence-electron chi connectivity index (χ4n) is 4.21. The van der Waals surface area contributed by atoms with Crippen LogP contribution in [0.4, 0.5) is 0 Å². The largest absolute Gasteiger partial charge is 0.329 e. The van der Waals surface area contributed by atoms with Crippen LogP contribution in [0, 0.1) is 6.92 Å². The van der Waals surface area contributed by atoms with Crippen molar-refractivity contribution in [3.63, 3.8) is 0 Å². The van der Waals surface area contributed by atoms with Crippen molar-refractivity contribution in [2.24, 2.45) is 0 Å². The van der Waals surface area contributed by atoms with Crippen LogP contribution in [0.5, 0.6) is 0 Å². The standard InChI is InChI=1S/C24H24N2OS2/c1-16-25-19(14-28-16)15-29-21-11-6-18(7-12-21)24(27)26(20-9-10-20)23-13-8-17-4-2-3-5-22(17)23/h2-7,11-12,14,20,23H,8-10,13,15H2,1H3. The number of thioether (sulfide) groups is 1. The van der Waals surface area contributed by atoms with Gasteiger partial charge in [0.1, 0.15) is 0 Å². The summed E-state index contributed by atoms with van der Waals surface area (Å²) in [5, 5.41) is 3.22. The van der Waals surface area contributed by atoms with Crippen LogP contribution < -0.4 is 0 Å². The summed E-state index contributed by atoms with van der Waals surface area (Å²) in [4.78, 5) is 21.3. The van der Waals surface area contributed by atoms with Gasteiger partial charge >= 0.3 is 0 Å². The Hall–Kier alpha value is -2.11. The summed E-state index contributed by atoms with van der Waals surface area (Å²) in [5.74, 6) is 1.05. The molecule has 1 amide bonds. The van der Waals surface area contributed by atoms with Crippen molar-refractivity contribution in [1.29, 1.82) is 0 Å². The van der Waals surface area contributed by atoms with E-state index in [0.29, 0.717) is 6.04 Å². The zero-order valence-electron chi connectivity index (χ0n) is 16.5. The number of amides is 1. The minimum Gasteiger partial charge on any atom is -0.329 e. The van der Waals surface area contributed by atoms with Gasteiger partial charge in [-0.25, -0.2) is 4.98 Å². The molecule has 0 N–H and O–H groups in total. The van der Waals surface area contributed by atoms with Crippen molar-refractivity contribution < 1.29 is 4.79 Å². The average Bonchev–Trinajstić information content (AvgIpc) is 3.35. The Balaban J connectivity index is 1.31. The summed E-state index contributed by atoms with van der Waals surface area (Å²) in [5.41, 5.74) is 4.67. The molecular formula is C24H24N2OS2. The molecule has 1 fully saturated rings. The molecule has 1 unspecified atom stereocenters. The van der Waals surface area contributed by atoms with Gasteiger partial charge in [0.15, 0.2) is 0 Å². The minimum atomic E-state index is 0.181. The lowest BCUT2D eigenvalue weighted by Crippen LogP contribution is -2.36. The van der Waals surface area contributed by atoms with Crippen molar-refractivity contribution in [3.05, 3.63) is 81.3 Å². The van der Waals surface area contributed by atoms with E-state index in [0.717, 1.165) is 47.7 Å². The van der Waals surface area contributed by atoms with Gasteiger partial charge in [0, 0.05) is 27.6 Å². The molecule has 3 nitrogen and oxygen atoms in total. The van der Waals surface area contributed by atoms with Gasteiger partial charge < -0.3 is 4.90 Å². The van der Waals surface area contributed by atoms with Crippen LogP contribution in [0.1, 0.15) is 57.5 Å². The molecule has 0 aliphatic heterocycles. The van der Waals surface area contributed by atoms with Gasteiger partial charge in [0.25, 0.3) is 5.91 Å². The number of carbonyl (C=O) groups is 1. The Kier molecular flexibility index (Phi) is 5.18. The van der Waals surface area contributed by atoms with Crippen LogP contribution in [0.3, 0.4) is 0 Å². The van der Waals surface area contributed by atoms with Gasteiger partial charge in [0.05, 0.1) is 16.7 Å². The number of thiazole rings is 1. The highest BCUT2D eigenvalue weighted by Gasteiger charge is 2.40. The number of hydrogen-bond acceptors (Lipinski definition) is 4. The Bertz CT molecular complexity index is 1020. The molecule has 0 spiro atoms. The maximum absolute atomic E-state index is 13.4. The molecule has 0 saturated heterocycles. The zero-order valence-corrected chi connectivity index (χ0v) is 18.1. The molecule has 1 heterocycles. The Labute approximate surface area is 180 Å². The predicted octanol–water partition coefficient (Wildman–Crippen LogP) is 6.04. The molecule has 1 saturated carbocycles. The first-order valence-electron chi connectivity index (χ1n) is 10.2. The fraction of sp³-hybridized carbons (Fsp3) is 0.333. The fourth-order valence-corrected chi connectivity index (χ4v) is 5.72. The van der Waals surface area contributed by atoms with E-state index in [1.165, 1.54) is 16.0 Å². The number of carbonyl (C=O) groups excluding carboxylic acids is 1. The number of aryl methyl sites for hydroxylation is 2. The van der Waals surface area contributed by atoms with Crippen molar-refractivity contribution in [2.45, 2.75) is 55.3 Å². The third-order valence-corrected chi connectivity index (χ3v) is 7.63. The van der Waals surface area contributed by atoms with Crippen LogP contribution in [0.15, 0.2) is 58.8 Å². The third kappa shape index (κ3) is 3.99. The first kappa shape index (κ1) is 18.9. The van der Waals surface area contributed by atoms with Crippen LogP contribution in [-0.2, 0) is 12.2 Å². The van der Waals surface area contributed by atoms with Gasteiger partial charge in [-0.2, -0.15) is 0 Å². The average molecular weight is 421 g/mol. The summed E-state index contributed by atoms with van der Waals surface area (Å²) in [7, 11) is 0. The van der Waals surface area contributed by atoms with Crippen LogP contribution in [0.25, 0.3) is 0 Å². The van der Waals surface area contributed by atoms with Gasteiger partial charge in [-0.3, -0.25) is 4.79 Å². The summed E-state index contributed by atoms with van der Waals surface area (Å²) < 4.78 is 0. The Morgan fingerprint density at radius 3 is 2.66 bits per heavy atom. The lowest BCUT2D eigenvalue weighted by Gasteiger charge is -2.30. The first-order valence-corrected chi connectivity index (χ1v) is 12.1. The van der Waals surface area contributed by atoms with Gasteiger partial charge in [0.2, 0.25) is 0 Å². The van der Waals surface area contributed by atoms with Gasteiger partial charge in [-0.15, -0.1) is 23.1 Å². The van der Waals surface area contributed by atoms with E-state index in [1.807, 2.05) is 19.1 Å². The molecule has 5 heteroatoms. The van der Waals surface area contributed by atoms with E-state index in [9.17, 15) is 4.79 Å². The molecule has 0 bridgehead atoms. The molecule has 148 valence electrons. The maximum Gasteiger partial charge on any atom is 0.254 e. The van der Waals surface area contributed by atoms with E-state index in [2.05, 4.69) is 51.7 Å². The number of aromatic nitrogens is 1. The molecular weight excluding hydrogens is 396 g/mol. The quantitative estimate of drug-likeness (QED) is 0.456. The number of hydrogen-bond donors (Lipinski definition) is 0. The predicted molar refractivity (Wildman–Crippen MR) is 120 cm³/mol. The number of fused-ring (bicyclic) bond motifs is 1. The normalized spacial score (nSPS) is 17.9. The van der Waals surface area contributed by atoms with Gasteiger partial charge in [-0.1, -0.05) is 24.3 Å². The van der Waals surface area contributed by atoms with Gasteiger partial charge in [-0.05, 0) is 68.0 Å². The SMILES string of the molecule is Cc1nc(CSc2ccc(C(=O)N(C3CC3)C3CCc4ccccc43)cc2)cs1. The van der Waals surface area contributed by atoms with Crippen molar-refractivity contribution in [2.75, 3.05) is 0 Å². The zero-order chi connectivity index (χ0) is 19.8. The first-order chi connectivity index (χ1) is 14.2. The lowest BCUT2D eigenvalue weighted by atomic mass is 10.1. The van der Waals surface area contributed by atoms with E-state index >= 15 is 0 Å². The number of rotatable bonds is 6. The second-order valence-electron chi connectivity index (χ2n) is 7.87. The molecule has 2 aromatic carbocycles. The lowest BCUT2D eigenvalue weighted by molar-refractivity contribution is 0.0658. The molecule has 1 aromatic heterocycles. The highest BCUT2D eigenvalue weighted by molar-refractivity contribution is 7.98. The molecule has 5 rings (SSSR count). The van der Waals surface area contributed by atoms with Crippen molar-refractivity contribution >= 4 is 29.0 Å². The summed E-state index contributed by atoms with van der Waals surface area (Å²) in [6.45, 7) is 2.04. The smallest absolute Gasteiger partial charge is 0.254 e. The number of nitrogens with zero attached hydrogens (tertiary/aromatic N) is 2. The van der Waals surface area contributed by atoms with E-state index in [1.54, 1.807) is 23.1 Å². The summed E-state index contributed by atoms with van der Waals surface area (Å²) in [6, 6.07) is 17.4. The molecule has 3 aromatic rings. The highest BCUT2D eigenvalue weighted by atomic mass is 32.2. The third-order valence-electron chi connectivity index (χ3n) is 5.77. The Morgan fingerprint density at radius 2 is 1.93 bits per heavy atom. The molecule has 2 aliphatic carbocycles. The molecule has 0 radical (unpaired) electrons. The van der Waals surface area contributed by atoms with Crippen LogP contribution in [0.2, 0.25) is 0 Å². The van der Waals surface area contributed by atoms with Crippen molar-refractivity contribution in [3.8, 4) is 0 Å². The second kappa shape index (κ2) is 7.96. The maximum atomic E-state index is 13.4. The van der Waals surface area contributed by atoms with E-state index in [4.69, 9.17) is 0 Å². The minimum absolute atomic E-state index is 0.181. The van der Waals surface area contributed by atoms with E-state index in [-0.39, 0.29) is 11.9 Å². The molecule has 1 atom stereocenters.